The van der Waals surface area contributed by atoms with Crippen LogP contribution in [-0.2, 0) is 6.42 Å². The first kappa shape index (κ1) is 12.1. The summed E-state index contributed by atoms with van der Waals surface area (Å²) >= 11 is 11.4. The Morgan fingerprint density at radius 2 is 2.19 bits per heavy atom. The lowest BCUT2D eigenvalue weighted by molar-refractivity contribution is 1.09. The van der Waals surface area contributed by atoms with Crippen LogP contribution in [0, 0.1) is 6.92 Å². The van der Waals surface area contributed by atoms with Crippen molar-refractivity contribution in [2.24, 2.45) is 0 Å². The van der Waals surface area contributed by atoms with Gasteiger partial charge in [-0.25, -0.2) is 4.98 Å². The molecule has 1 aromatic carbocycles. The minimum absolute atomic E-state index is 0.767. The van der Waals surface area contributed by atoms with Gasteiger partial charge < -0.3 is 0 Å². The molecule has 0 N–H and O–H groups in total. The van der Waals surface area contributed by atoms with Crippen LogP contribution in [0.25, 0.3) is 10.4 Å². The second kappa shape index (κ2) is 4.86. The fourth-order valence-electron chi connectivity index (χ4n) is 1.44. The molecule has 0 saturated heterocycles. The third-order valence-electron chi connectivity index (χ3n) is 2.37. The summed E-state index contributed by atoms with van der Waals surface area (Å²) in [5.41, 5.74) is 2.26. The van der Waals surface area contributed by atoms with Crippen LogP contribution in [0.2, 0.25) is 5.02 Å². The fourth-order valence-corrected chi connectivity index (χ4v) is 3.13. The molecule has 0 unspecified atom stereocenters. The molecule has 2 aromatic rings. The molecule has 1 heterocycles. The van der Waals surface area contributed by atoms with Crippen molar-refractivity contribution in [1.29, 1.82) is 0 Å². The van der Waals surface area contributed by atoms with Gasteiger partial charge in [0.15, 0.2) is 0 Å². The minimum Gasteiger partial charge on any atom is -0.249 e. The first-order chi connectivity index (χ1) is 7.61. The number of benzene rings is 1. The molecule has 0 amide bonds. The van der Waals surface area contributed by atoms with Gasteiger partial charge in [-0.3, -0.25) is 0 Å². The highest BCUT2D eigenvalue weighted by Gasteiger charge is 2.09. The number of aromatic nitrogens is 1. The quantitative estimate of drug-likeness (QED) is 0.751. The highest BCUT2D eigenvalue weighted by atomic mass is 79.9. The zero-order valence-electron chi connectivity index (χ0n) is 9.05. The normalized spacial score (nSPS) is 10.8. The van der Waals surface area contributed by atoms with Crippen molar-refractivity contribution in [1.82, 2.24) is 4.98 Å². The van der Waals surface area contributed by atoms with Crippen LogP contribution < -0.4 is 0 Å². The van der Waals surface area contributed by atoms with Crippen molar-refractivity contribution in [3.05, 3.63) is 38.4 Å². The number of nitrogens with zero attached hydrogens (tertiary/aromatic N) is 1. The summed E-state index contributed by atoms with van der Waals surface area (Å²) in [7, 11) is 0. The standard InChI is InChI=1S/C12H11BrClNS/c1-3-12-15-6-11(16-12)8-4-7(2)9(13)5-10(8)14/h4-6H,3H2,1-2H3. The topological polar surface area (TPSA) is 12.9 Å². The summed E-state index contributed by atoms with van der Waals surface area (Å²) in [5.74, 6) is 0. The predicted octanol–water partition coefficient (Wildman–Crippen LogP) is 5.10. The van der Waals surface area contributed by atoms with Crippen LogP contribution in [-0.4, -0.2) is 4.98 Å². The molecule has 1 nitrogen and oxygen atoms in total. The molecule has 4 heteroatoms. The highest BCUT2D eigenvalue weighted by molar-refractivity contribution is 9.10. The molecule has 0 spiro atoms. The van der Waals surface area contributed by atoms with Gasteiger partial charge in [0, 0.05) is 16.2 Å². The van der Waals surface area contributed by atoms with Crippen LogP contribution in [0.5, 0.6) is 0 Å². The van der Waals surface area contributed by atoms with Crippen LogP contribution in [0.15, 0.2) is 22.8 Å². The van der Waals surface area contributed by atoms with E-state index in [0.717, 1.165) is 31.4 Å². The molecule has 0 radical (unpaired) electrons. The SMILES string of the molecule is CCc1ncc(-c2cc(C)c(Br)cc2Cl)s1. The van der Waals surface area contributed by atoms with Gasteiger partial charge in [0.1, 0.15) is 0 Å². The Balaban J connectivity index is 2.51. The second-order valence-corrected chi connectivity index (χ2v) is 5.93. The lowest BCUT2D eigenvalue weighted by Gasteiger charge is -2.04. The van der Waals surface area contributed by atoms with Gasteiger partial charge in [-0.15, -0.1) is 11.3 Å². The van der Waals surface area contributed by atoms with E-state index in [9.17, 15) is 0 Å². The molecule has 0 bridgehead atoms. The van der Waals surface area contributed by atoms with E-state index >= 15 is 0 Å². The second-order valence-electron chi connectivity index (χ2n) is 3.55. The molecule has 0 atom stereocenters. The average Bonchev–Trinajstić information content (AvgIpc) is 2.71. The van der Waals surface area contributed by atoms with Crippen molar-refractivity contribution in [2.45, 2.75) is 20.3 Å². The van der Waals surface area contributed by atoms with Crippen molar-refractivity contribution >= 4 is 38.9 Å². The molecule has 84 valence electrons. The number of rotatable bonds is 2. The summed E-state index contributed by atoms with van der Waals surface area (Å²) in [5, 5.41) is 1.91. The molecule has 1 aromatic heterocycles. The van der Waals surface area contributed by atoms with E-state index < -0.39 is 0 Å². The van der Waals surface area contributed by atoms with Crippen LogP contribution in [0.3, 0.4) is 0 Å². The van der Waals surface area contributed by atoms with Gasteiger partial charge in [-0.05, 0) is 31.0 Å². The van der Waals surface area contributed by atoms with Crippen molar-refractivity contribution in [3.8, 4) is 10.4 Å². The van der Waals surface area contributed by atoms with E-state index in [1.165, 1.54) is 5.56 Å². The first-order valence-corrected chi connectivity index (χ1v) is 7.01. The average molecular weight is 317 g/mol. The lowest BCUT2D eigenvalue weighted by Crippen LogP contribution is -1.80. The maximum absolute atomic E-state index is 6.24. The Morgan fingerprint density at radius 3 is 2.81 bits per heavy atom. The Morgan fingerprint density at radius 1 is 1.44 bits per heavy atom. The summed E-state index contributed by atoms with van der Waals surface area (Å²) in [6.45, 7) is 4.17. The van der Waals surface area contributed by atoms with E-state index in [0.29, 0.717) is 0 Å². The number of hydrogen-bond acceptors (Lipinski definition) is 2. The maximum atomic E-state index is 6.24. The van der Waals surface area contributed by atoms with Gasteiger partial charge >= 0.3 is 0 Å². The molecule has 0 aliphatic carbocycles. The Labute approximate surface area is 113 Å². The lowest BCUT2D eigenvalue weighted by atomic mass is 10.1. The third kappa shape index (κ3) is 2.31. The van der Waals surface area contributed by atoms with Crippen LogP contribution in [0.1, 0.15) is 17.5 Å². The highest BCUT2D eigenvalue weighted by Crippen LogP contribution is 2.35. The van der Waals surface area contributed by atoms with E-state index in [1.807, 2.05) is 12.3 Å². The fraction of sp³-hybridized carbons (Fsp3) is 0.250. The van der Waals surface area contributed by atoms with E-state index in [2.05, 4.69) is 40.8 Å². The summed E-state index contributed by atoms with van der Waals surface area (Å²) in [4.78, 5) is 5.49. The largest absolute Gasteiger partial charge is 0.249 e. The van der Waals surface area contributed by atoms with Gasteiger partial charge in [0.25, 0.3) is 0 Å². The van der Waals surface area contributed by atoms with E-state index in [1.54, 1.807) is 11.3 Å². The van der Waals surface area contributed by atoms with Gasteiger partial charge in [0.2, 0.25) is 0 Å². The summed E-state index contributed by atoms with van der Waals surface area (Å²) in [6.07, 6.45) is 2.87. The first-order valence-electron chi connectivity index (χ1n) is 5.02. The van der Waals surface area contributed by atoms with Crippen LogP contribution in [0.4, 0.5) is 0 Å². The number of halogens is 2. The molecule has 0 aliphatic heterocycles. The molecule has 0 aliphatic rings. The van der Waals surface area contributed by atoms with Crippen molar-refractivity contribution in [3.63, 3.8) is 0 Å². The molecular weight excluding hydrogens is 306 g/mol. The van der Waals surface area contributed by atoms with Gasteiger partial charge in [-0.1, -0.05) is 34.5 Å². The van der Waals surface area contributed by atoms with Crippen LogP contribution >= 0.6 is 38.9 Å². The maximum Gasteiger partial charge on any atom is 0.0928 e. The minimum atomic E-state index is 0.767. The number of thiazole rings is 1. The summed E-state index contributed by atoms with van der Waals surface area (Å²) < 4.78 is 1.04. The molecule has 16 heavy (non-hydrogen) atoms. The third-order valence-corrected chi connectivity index (χ3v) is 4.71. The van der Waals surface area contributed by atoms with Gasteiger partial charge in [0.05, 0.1) is 14.9 Å². The molecule has 0 fully saturated rings. The monoisotopic (exact) mass is 315 g/mol. The van der Waals surface area contributed by atoms with E-state index in [-0.39, 0.29) is 0 Å². The van der Waals surface area contributed by atoms with Crippen molar-refractivity contribution in [2.75, 3.05) is 0 Å². The summed E-state index contributed by atoms with van der Waals surface area (Å²) in [6, 6.07) is 4.04. The molecule has 2 rings (SSSR count). The zero-order valence-corrected chi connectivity index (χ0v) is 12.2. The number of hydrogen-bond donors (Lipinski definition) is 0. The molecular formula is C12H11BrClNS. The molecule has 0 saturated carbocycles. The van der Waals surface area contributed by atoms with Crippen molar-refractivity contribution < 1.29 is 0 Å². The van der Waals surface area contributed by atoms with E-state index in [4.69, 9.17) is 11.6 Å². The Kier molecular flexibility index (Phi) is 3.67. The van der Waals surface area contributed by atoms with Gasteiger partial charge in [-0.2, -0.15) is 0 Å². The predicted molar refractivity (Wildman–Crippen MR) is 74.4 cm³/mol. The Bertz CT molecular complexity index is 522. The number of aryl methyl sites for hydroxylation is 2. The smallest absolute Gasteiger partial charge is 0.0928 e. The zero-order chi connectivity index (χ0) is 11.7. The Hall–Kier alpha value is -0.380.